The first-order valence-corrected chi connectivity index (χ1v) is 11.1. The Bertz CT molecular complexity index is 1030. The van der Waals surface area contributed by atoms with E-state index in [1.165, 1.54) is 12.0 Å². The molecule has 1 fully saturated rings. The Morgan fingerprint density at radius 3 is 2.41 bits per heavy atom. The number of urea groups is 2. The first kappa shape index (κ1) is 25.0. The van der Waals surface area contributed by atoms with Crippen LogP contribution < -0.4 is 10.6 Å². The van der Waals surface area contributed by atoms with Crippen molar-refractivity contribution >= 4 is 35.3 Å². The van der Waals surface area contributed by atoms with E-state index in [2.05, 4.69) is 15.8 Å². The molecule has 1 aliphatic rings. The Hall–Kier alpha value is -3.66. The number of methoxy groups -OCH3 is 1. The number of imide groups is 1. The lowest BCUT2D eigenvalue weighted by Crippen LogP contribution is -2.67. The molecule has 11 heteroatoms. The molecule has 2 N–H and O–H groups in total. The summed E-state index contributed by atoms with van der Waals surface area (Å²) in [6.45, 7) is 1.83. The van der Waals surface area contributed by atoms with Gasteiger partial charge in [0.15, 0.2) is 6.29 Å². The van der Waals surface area contributed by atoms with Crippen LogP contribution in [0.15, 0.2) is 53.7 Å². The lowest BCUT2D eigenvalue weighted by molar-refractivity contribution is -0.145. The van der Waals surface area contributed by atoms with Gasteiger partial charge in [-0.1, -0.05) is 48.0 Å². The van der Waals surface area contributed by atoms with Gasteiger partial charge in [-0.15, -0.1) is 0 Å². The molecule has 0 aliphatic carbocycles. The summed E-state index contributed by atoms with van der Waals surface area (Å²) in [7, 11) is 1.25. The van der Waals surface area contributed by atoms with Gasteiger partial charge in [0, 0.05) is 17.3 Å². The van der Waals surface area contributed by atoms with Gasteiger partial charge in [-0.2, -0.15) is 4.91 Å². The van der Waals surface area contributed by atoms with Crippen molar-refractivity contribution in [3.05, 3.63) is 69.6 Å². The van der Waals surface area contributed by atoms with Crippen LogP contribution in [0.1, 0.15) is 18.1 Å². The van der Waals surface area contributed by atoms with Crippen molar-refractivity contribution in [3.8, 4) is 0 Å². The number of nitroso groups, excluding NO2 is 1. The van der Waals surface area contributed by atoms with Crippen LogP contribution in [0, 0.1) is 10.8 Å². The zero-order valence-electron chi connectivity index (χ0n) is 18.9. The topological polar surface area (TPSA) is 120 Å². The first-order valence-electron chi connectivity index (χ1n) is 10.7. The van der Waals surface area contributed by atoms with Crippen LogP contribution in [0.4, 0.5) is 15.3 Å². The zero-order valence-corrected chi connectivity index (χ0v) is 19.6. The predicted molar refractivity (Wildman–Crippen MR) is 127 cm³/mol. The van der Waals surface area contributed by atoms with E-state index in [9.17, 15) is 19.3 Å². The molecule has 2 aromatic rings. The lowest BCUT2D eigenvalue weighted by Gasteiger charge is -2.41. The normalized spacial score (nSPS) is 16.6. The summed E-state index contributed by atoms with van der Waals surface area (Å²) in [5.74, 6) is -1.20. The smallest absolute Gasteiger partial charge is 0.331 e. The molecule has 0 aromatic heterocycles. The number of hydrogen-bond donors (Lipinski definition) is 2. The number of nitrogens with one attached hydrogen (secondary N) is 2. The van der Waals surface area contributed by atoms with E-state index < -0.39 is 30.2 Å². The van der Waals surface area contributed by atoms with Crippen molar-refractivity contribution < 1.29 is 19.1 Å². The second-order valence-corrected chi connectivity index (χ2v) is 8.30. The number of anilines is 1. The maximum Gasteiger partial charge on any atom is 0.331 e. The third-order valence-electron chi connectivity index (χ3n) is 5.37. The van der Waals surface area contributed by atoms with Crippen LogP contribution in [0.3, 0.4) is 0 Å². The van der Waals surface area contributed by atoms with Gasteiger partial charge >= 0.3 is 18.0 Å². The molecule has 1 aliphatic heterocycles. The van der Waals surface area contributed by atoms with Gasteiger partial charge in [0.25, 0.3) is 0 Å². The molecule has 0 radical (unpaired) electrons. The van der Waals surface area contributed by atoms with Crippen LogP contribution in [-0.4, -0.2) is 54.3 Å². The van der Waals surface area contributed by atoms with Crippen molar-refractivity contribution in [1.82, 2.24) is 15.1 Å². The molecule has 10 nitrogen and oxygen atoms in total. The first-order chi connectivity index (χ1) is 16.3. The molecule has 0 spiro atoms. The van der Waals surface area contributed by atoms with E-state index in [1.807, 2.05) is 12.1 Å². The number of carbonyl (C=O) groups is 3. The fraction of sp³-hybridized carbons (Fsp3) is 0.348. The molecule has 180 valence electrons. The number of amides is 4. The Labute approximate surface area is 202 Å². The lowest BCUT2D eigenvalue weighted by atomic mass is 10.1. The molecule has 3 rings (SSSR count). The number of carbonyl (C=O) groups excluding carboxylic acids is 3. The minimum Gasteiger partial charge on any atom is -0.469 e. The SMILES string of the molecule is COC(=O)[C@@H](C)CN1C(=O)NC(Nc2ccc(CCN=O)cc2)N(Cc2ccc(Cl)cc2)C1=O. The van der Waals surface area contributed by atoms with E-state index in [0.29, 0.717) is 17.1 Å². The van der Waals surface area contributed by atoms with E-state index in [-0.39, 0.29) is 19.6 Å². The second kappa shape index (κ2) is 11.5. The highest BCUT2D eigenvalue weighted by Crippen LogP contribution is 2.20. The number of benzene rings is 2. The molecule has 2 atom stereocenters. The van der Waals surface area contributed by atoms with Crippen molar-refractivity contribution in [2.45, 2.75) is 26.2 Å². The number of ether oxygens (including phenoxy) is 1. The quantitative estimate of drug-likeness (QED) is 0.388. The molecule has 2 aromatic carbocycles. The van der Waals surface area contributed by atoms with E-state index >= 15 is 0 Å². The summed E-state index contributed by atoms with van der Waals surface area (Å²) in [4.78, 5) is 50.8. The van der Waals surface area contributed by atoms with E-state index in [0.717, 1.165) is 16.0 Å². The van der Waals surface area contributed by atoms with E-state index in [1.54, 1.807) is 43.3 Å². The van der Waals surface area contributed by atoms with Gasteiger partial charge in [-0.05, 0) is 41.8 Å². The van der Waals surface area contributed by atoms with Gasteiger partial charge in [0.05, 0.1) is 26.1 Å². The molecular weight excluding hydrogens is 462 g/mol. The predicted octanol–water partition coefficient (Wildman–Crippen LogP) is 3.80. The Morgan fingerprint density at radius 1 is 1.15 bits per heavy atom. The number of nitrogens with zero attached hydrogens (tertiary/aromatic N) is 3. The van der Waals surface area contributed by atoms with Crippen molar-refractivity contribution in [2.75, 3.05) is 25.5 Å². The largest absolute Gasteiger partial charge is 0.469 e. The van der Waals surface area contributed by atoms with Gasteiger partial charge in [0.2, 0.25) is 0 Å². The van der Waals surface area contributed by atoms with Crippen LogP contribution in [0.5, 0.6) is 0 Å². The highest BCUT2D eigenvalue weighted by molar-refractivity contribution is 6.30. The van der Waals surface area contributed by atoms with Crippen LogP contribution in [0.2, 0.25) is 5.02 Å². The summed E-state index contributed by atoms with van der Waals surface area (Å²) in [6, 6.07) is 13.1. The molecule has 34 heavy (non-hydrogen) atoms. The number of hydrogen-bond acceptors (Lipinski definition) is 7. The average molecular weight is 488 g/mol. The molecule has 1 saturated heterocycles. The van der Waals surface area contributed by atoms with Crippen molar-refractivity contribution in [1.29, 1.82) is 0 Å². The number of esters is 1. The molecule has 4 amide bonds. The highest BCUT2D eigenvalue weighted by Gasteiger charge is 2.39. The molecule has 1 heterocycles. The van der Waals surface area contributed by atoms with E-state index in [4.69, 9.17) is 16.3 Å². The minimum absolute atomic E-state index is 0.124. The maximum absolute atomic E-state index is 13.4. The Morgan fingerprint density at radius 2 is 1.79 bits per heavy atom. The van der Waals surface area contributed by atoms with Gasteiger partial charge < -0.3 is 10.1 Å². The molecular formula is C23H26ClN5O5. The standard InChI is InChI=1S/C23H26ClN5O5/c1-15(20(30)34-2)13-29-22(31)27-21(26-19-9-5-16(6-10-19)11-12-25-33)28(23(29)32)14-17-3-7-18(24)8-4-17/h3-10,15,21,26H,11-14H2,1-2H3,(H,27,31)/t15-,21?/m0/s1. The Balaban J connectivity index is 1.82. The molecule has 1 unspecified atom stereocenters. The van der Waals surface area contributed by atoms with Gasteiger partial charge in [0.1, 0.15) is 0 Å². The third kappa shape index (κ3) is 6.22. The van der Waals surface area contributed by atoms with Crippen molar-refractivity contribution in [3.63, 3.8) is 0 Å². The maximum atomic E-state index is 13.4. The summed E-state index contributed by atoms with van der Waals surface area (Å²) in [6.07, 6.45) is -0.318. The van der Waals surface area contributed by atoms with Crippen molar-refractivity contribution in [2.24, 2.45) is 11.1 Å². The fourth-order valence-corrected chi connectivity index (χ4v) is 3.62. The van der Waals surface area contributed by atoms with Crippen LogP contribution in [-0.2, 0) is 22.5 Å². The zero-order chi connectivity index (χ0) is 24.7. The number of halogens is 1. The van der Waals surface area contributed by atoms with Crippen LogP contribution >= 0.6 is 11.6 Å². The molecule has 0 saturated carbocycles. The number of rotatable bonds is 10. The third-order valence-corrected chi connectivity index (χ3v) is 5.62. The Kier molecular flexibility index (Phi) is 8.42. The highest BCUT2D eigenvalue weighted by atomic mass is 35.5. The fourth-order valence-electron chi connectivity index (χ4n) is 3.50. The van der Waals surface area contributed by atoms with Gasteiger partial charge in [-0.3, -0.25) is 15.0 Å². The second-order valence-electron chi connectivity index (χ2n) is 7.87. The van der Waals surface area contributed by atoms with Crippen LogP contribution in [0.25, 0.3) is 0 Å². The summed E-state index contributed by atoms with van der Waals surface area (Å²) in [5, 5.41) is 9.37. The monoisotopic (exact) mass is 487 g/mol. The summed E-state index contributed by atoms with van der Waals surface area (Å²) < 4.78 is 4.72. The molecule has 0 bridgehead atoms. The summed E-state index contributed by atoms with van der Waals surface area (Å²) in [5.41, 5.74) is 2.41. The summed E-state index contributed by atoms with van der Waals surface area (Å²) >= 11 is 5.98. The minimum atomic E-state index is -0.845. The average Bonchev–Trinajstić information content (AvgIpc) is 2.84. The van der Waals surface area contributed by atoms with Gasteiger partial charge in [-0.25, -0.2) is 14.5 Å².